The predicted octanol–water partition coefficient (Wildman–Crippen LogP) is -2.60. The average Bonchev–Trinajstić information content (AvgIpc) is 1.88. The largest absolute Gasteiger partial charge is 0.504 e. The van der Waals surface area contributed by atoms with Crippen molar-refractivity contribution in [1.82, 2.24) is 51.0 Å². The normalized spacial score (nSPS) is 25.2. The summed E-state index contributed by atoms with van der Waals surface area (Å²) in [6.07, 6.45) is -9.35. The first-order valence-electron chi connectivity index (χ1n) is 28.8. The number of unbranched alkanes of at least 4 members (excludes halogenated alkanes) is 2. The highest BCUT2D eigenvalue weighted by molar-refractivity contribution is 7.81. The van der Waals surface area contributed by atoms with Crippen LogP contribution in [-0.4, -0.2) is 219 Å². The minimum absolute atomic E-state index is 0.0114. The Morgan fingerprint density at radius 1 is 0.811 bits per heavy atom. The van der Waals surface area contributed by atoms with Crippen molar-refractivity contribution in [2.75, 3.05) is 26.2 Å². The number of primary amides is 1. The van der Waals surface area contributed by atoms with Gasteiger partial charge in [0.1, 0.15) is 47.0 Å². The number of hydrogen-bond donors (Lipinski definition) is 14. The highest BCUT2D eigenvalue weighted by Gasteiger charge is 2.50. The molecule has 3 aliphatic rings. The number of carbonyl (C=O) groups excluding carboxylic acids is 8. The van der Waals surface area contributed by atoms with E-state index < -0.39 is 193 Å². The first-order valence-corrected chi connectivity index (χ1v) is 30.9. The van der Waals surface area contributed by atoms with Crippen molar-refractivity contribution in [1.29, 1.82) is 0 Å². The lowest BCUT2D eigenvalue weighted by atomic mass is 9.98. The third kappa shape index (κ3) is 16.5. The quantitative estimate of drug-likeness (QED) is 0.0316. The number of benzene rings is 3. The zero-order valence-corrected chi connectivity index (χ0v) is 50.5. The predicted molar refractivity (Wildman–Crippen MR) is 316 cm³/mol. The molecule has 0 saturated carbocycles. The summed E-state index contributed by atoms with van der Waals surface area (Å²) in [5, 5.41) is 95.5. The van der Waals surface area contributed by atoms with Crippen molar-refractivity contribution in [3.8, 4) is 39.1 Å². The molecule has 13 unspecified atom stereocenters. The third-order valence-electron chi connectivity index (χ3n) is 15.4. The number of aliphatic hydroxyl groups is 6. The summed E-state index contributed by atoms with van der Waals surface area (Å²) in [7, 11) is -5.24. The van der Waals surface area contributed by atoms with Gasteiger partial charge in [0.15, 0.2) is 11.5 Å². The summed E-state index contributed by atoms with van der Waals surface area (Å²) in [6.45, 7) is 3.46. The van der Waals surface area contributed by atoms with E-state index in [1.807, 2.05) is 24.3 Å². The highest BCUT2D eigenvalue weighted by Crippen LogP contribution is 2.32. The molecule has 3 fully saturated rings. The number of aromatic nitrogens is 3. The van der Waals surface area contributed by atoms with Crippen LogP contribution >= 0.6 is 11.3 Å². The standard InChI is InChI=1S/C57H71N11O20S2/c1-4-5-6-17-87-35-14-12-32(13-15-35)54-65-68-26-37(61-57(68)89-54)30-8-10-31(11-9-30)49(77)60-36-20-33(70)23-59-53(81)47-48(76)27(2)24-67(47)56(83)46(41(74)22-43(58)75)64-52(80)45(40(73)18-29-7-16-39(72)42(19-29)88-90(84,85)86)63-51(79)38-21-34(71)25-66(38)55(82)44(28(3)69)62-50(36)78/h7-16,19,26-28,33-34,36,38,40-41,44-48,69-74,76H,4-6,17-18,20-25H2,1-3H3,(H2,58,75)(H,59,81)(H,60,77)(H,62,78)(H,63,79)(H,64,80)(H,84,85,86). The van der Waals surface area contributed by atoms with E-state index in [4.69, 9.17) is 15.5 Å². The van der Waals surface area contributed by atoms with Crippen molar-refractivity contribution in [3.05, 3.63) is 84.1 Å². The molecular formula is C57H71N11O20S2. The van der Waals surface area contributed by atoms with Gasteiger partial charge in [0, 0.05) is 61.5 Å². The molecule has 15 N–H and O–H groups in total. The number of nitrogens with two attached hydrogens (primary N) is 1. The number of hydrogen-bond acceptors (Lipinski definition) is 22. The molecule has 8 amide bonds. The Hall–Kier alpha value is -8.41. The molecule has 5 heterocycles. The third-order valence-corrected chi connectivity index (χ3v) is 16.8. The van der Waals surface area contributed by atoms with Crippen molar-refractivity contribution in [3.63, 3.8) is 0 Å². The Morgan fingerprint density at radius 3 is 2.13 bits per heavy atom. The fourth-order valence-corrected chi connectivity index (χ4v) is 11.9. The van der Waals surface area contributed by atoms with Crippen molar-refractivity contribution in [2.24, 2.45) is 11.7 Å². The zero-order valence-electron chi connectivity index (χ0n) is 48.8. The number of aliphatic hydroxyl groups excluding tert-OH is 6. The monoisotopic (exact) mass is 1290 g/mol. The Balaban J connectivity index is 1.08. The van der Waals surface area contributed by atoms with Gasteiger partial charge >= 0.3 is 10.4 Å². The van der Waals surface area contributed by atoms with E-state index in [0.717, 1.165) is 65.5 Å². The lowest BCUT2D eigenvalue weighted by Gasteiger charge is -2.33. The molecule has 0 radical (unpaired) electrons. The molecule has 0 spiro atoms. The van der Waals surface area contributed by atoms with Gasteiger partial charge in [-0.2, -0.15) is 13.5 Å². The molecule has 486 valence electrons. The highest BCUT2D eigenvalue weighted by atomic mass is 32.3. The number of phenols is 1. The van der Waals surface area contributed by atoms with Crippen molar-refractivity contribution < 1.29 is 96.0 Å². The van der Waals surface area contributed by atoms with Crippen LogP contribution in [0.2, 0.25) is 0 Å². The van der Waals surface area contributed by atoms with Crippen LogP contribution < -0.4 is 41.2 Å². The number of phenolic OH excluding ortho intramolecular Hbond substituents is 1. The molecule has 33 heteroatoms. The summed E-state index contributed by atoms with van der Waals surface area (Å²) in [5.74, 6) is -11.6. The van der Waals surface area contributed by atoms with E-state index in [-0.39, 0.29) is 11.1 Å². The fourth-order valence-electron chi connectivity index (χ4n) is 10.7. The number of fused-ring (bicyclic) bond motifs is 3. The van der Waals surface area contributed by atoms with Crippen LogP contribution in [0, 0.1) is 5.92 Å². The summed E-state index contributed by atoms with van der Waals surface area (Å²) in [4.78, 5) is 120. The van der Waals surface area contributed by atoms with E-state index >= 15 is 0 Å². The molecular weight excluding hydrogens is 1220 g/mol. The molecule has 8 rings (SSSR count). The topological polar surface area (TPSA) is 474 Å². The molecule has 90 heavy (non-hydrogen) atoms. The number of nitrogens with one attached hydrogen (secondary N) is 5. The summed E-state index contributed by atoms with van der Waals surface area (Å²) >= 11 is 1.35. The number of carbonyl (C=O) groups is 8. The van der Waals surface area contributed by atoms with Gasteiger partial charge in [-0.05, 0) is 67.4 Å². The first kappa shape index (κ1) is 67.5. The van der Waals surface area contributed by atoms with Crippen LogP contribution in [0.3, 0.4) is 0 Å². The number of rotatable bonds is 18. The number of imidazole rings is 1. The molecule has 5 aromatic rings. The van der Waals surface area contributed by atoms with E-state index in [1.54, 1.807) is 22.8 Å². The van der Waals surface area contributed by atoms with E-state index in [0.29, 0.717) is 27.8 Å². The molecule has 2 aromatic heterocycles. The van der Waals surface area contributed by atoms with Gasteiger partial charge < -0.3 is 86.8 Å². The van der Waals surface area contributed by atoms with Gasteiger partial charge in [-0.1, -0.05) is 56.2 Å². The van der Waals surface area contributed by atoms with Crippen LogP contribution in [0.25, 0.3) is 26.8 Å². The maximum absolute atomic E-state index is 14.7. The van der Waals surface area contributed by atoms with E-state index in [1.165, 1.54) is 30.4 Å². The number of aromatic hydroxyl groups is 1. The Bertz CT molecular complexity index is 3540. The molecule has 3 saturated heterocycles. The fraction of sp³-hybridized carbons (Fsp3) is 0.474. The van der Waals surface area contributed by atoms with Crippen molar-refractivity contribution in [2.45, 2.75) is 139 Å². The summed E-state index contributed by atoms with van der Waals surface area (Å²) < 4.78 is 44.2. The zero-order chi connectivity index (χ0) is 65.5. The summed E-state index contributed by atoms with van der Waals surface area (Å²) in [5.41, 5.74) is 7.17. The molecule has 0 bridgehead atoms. The van der Waals surface area contributed by atoms with E-state index in [2.05, 4.69) is 42.8 Å². The van der Waals surface area contributed by atoms with Crippen LogP contribution in [0.4, 0.5) is 0 Å². The van der Waals surface area contributed by atoms with Gasteiger partial charge in [0.2, 0.25) is 46.3 Å². The Kier molecular flexibility index (Phi) is 21.8. The molecule has 31 nitrogen and oxygen atoms in total. The summed E-state index contributed by atoms with van der Waals surface area (Å²) in [6, 6.07) is 4.43. The second kappa shape index (κ2) is 29.0. The minimum atomic E-state index is -5.24. The number of amides is 8. The van der Waals surface area contributed by atoms with Crippen molar-refractivity contribution >= 4 is 74.0 Å². The average molecular weight is 1290 g/mol. The van der Waals surface area contributed by atoms with Gasteiger partial charge in [0.05, 0.1) is 61.5 Å². The first-order chi connectivity index (χ1) is 42.6. The minimum Gasteiger partial charge on any atom is -0.504 e. The lowest BCUT2D eigenvalue weighted by molar-refractivity contribution is -0.147. The molecule has 3 aromatic carbocycles. The maximum atomic E-state index is 14.7. The second-order valence-electron chi connectivity index (χ2n) is 22.4. The smallest absolute Gasteiger partial charge is 0.446 e. The molecule has 0 aliphatic carbocycles. The number of nitrogens with zero attached hydrogens (tertiary/aromatic N) is 5. The Labute approximate surface area is 518 Å². The van der Waals surface area contributed by atoms with Crippen LogP contribution in [0.1, 0.15) is 75.2 Å². The van der Waals surface area contributed by atoms with E-state index in [9.17, 15) is 87.1 Å². The number of ether oxygens (including phenoxy) is 1. The Morgan fingerprint density at radius 2 is 1.48 bits per heavy atom. The van der Waals surface area contributed by atoms with Crippen LogP contribution in [0.15, 0.2) is 72.9 Å². The SMILES string of the molecule is CCCCCOc1ccc(-c2nn3cc(-c4ccc(C(=O)NC5CC(O)CNC(=O)C6C(O)C(C)CN6C(=O)C(C(O)CC(N)=O)NC(=O)C(C(O)Cc6ccc(O)c(OS(=O)(=O)O)c6)NC(=O)C6CC(O)CN6C(=O)C(C(C)O)NC5=O)cc4)nc3s2)cc1. The van der Waals surface area contributed by atoms with Crippen LogP contribution in [0.5, 0.6) is 17.2 Å². The molecule has 13 atom stereocenters. The van der Waals surface area contributed by atoms with Gasteiger partial charge in [-0.15, -0.1) is 0 Å². The number of β-amino-alcohol motifs (C(OH)–C–C–N with tert-alkyl or cyclic N) is 1. The van der Waals surface area contributed by atoms with Gasteiger partial charge in [-0.3, -0.25) is 42.9 Å². The lowest BCUT2D eigenvalue weighted by Crippen LogP contribution is -2.64. The maximum Gasteiger partial charge on any atom is 0.446 e. The van der Waals surface area contributed by atoms with Crippen LogP contribution in [-0.2, 0) is 50.4 Å². The van der Waals surface area contributed by atoms with Gasteiger partial charge in [0.25, 0.3) is 5.91 Å². The second-order valence-corrected chi connectivity index (χ2v) is 24.4. The van der Waals surface area contributed by atoms with Gasteiger partial charge in [-0.25, -0.2) is 9.50 Å². The molecule has 3 aliphatic heterocycles.